The molecule has 2 aliphatic heterocycles. The summed E-state index contributed by atoms with van der Waals surface area (Å²) in [6.07, 6.45) is 4.86. The van der Waals surface area contributed by atoms with Crippen LogP contribution in [0.15, 0.2) is 18.2 Å². The first-order valence-corrected chi connectivity index (χ1v) is 10.5. The number of piperidine rings is 1. The van der Waals surface area contributed by atoms with Gasteiger partial charge in [0.05, 0.1) is 10.0 Å². The first-order valence-electron chi connectivity index (χ1n) is 9.78. The quantitative estimate of drug-likeness (QED) is 0.725. The number of rotatable bonds is 6. The van der Waals surface area contributed by atoms with Crippen molar-refractivity contribution in [3.8, 4) is 0 Å². The number of carbonyl (C=O) groups is 2. The molecule has 0 saturated carbocycles. The fraction of sp³-hybridized carbons (Fsp3) is 0.600. The molecule has 0 bridgehead atoms. The van der Waals surface area contributed by atoms with Crippen molar-refractivity contribution in [2.75, 3.05) is 31.1 Å². The summed E-state index contributed by atoms with van der Waals surface area (Å²) in [5.41, 5.74) is 0.689. The minimum Gasteiger partial charge on any atom is -0.353 e. The average Bonchev–Trinajstić information content (AvgIpc) is 3.05. The molecule has 0 aliphatic carbocycles. The van der Waals surface area contributed by atoms with Crippen molar-refractivity contribution in [2.45, 2.75) is 45.1 Å². The smallest absolute Gasteiger partial charge is 0.239 e. The largest absolute Gasteiger partial charge is 0.353 e. The molecule has 148 valence electrons. The van der Waals surface area contributed by atoms with Gasteiger partial charge < -0.3 is 15.1 Å². The predicted molar refractivity (Wildman–Crippen MR) is 109 cm³/mol. The second-order valence-electron chi connectivity index (χ2n) is 7.41. The van der Waals surface area contributed by atoms with E-state index in [1.165, 1.54) is 12.8 Å². The van der Waals surface area contributed by atoms with Crippen LogP contribution < -0.4 is 10.2 Å². The molecule has 1 unspecified atom stereocenters. The van der Waals surface area contributed by atoms with Crippen LogP contribution in [-0.2, 0) is 9.59 Å². The predicted octanol–water partition coefficient (Wildman–Crippen LogP) is 3.73. The Labute approximate surface area is 171 Å². The van der Waals surface area contributed by atoms with Crippen molar-refractivity contribution in [3.05, 3.63) is 28.2 Å². The van der Waals surface area contributed by atoms with Crippen molar-refractivity contribution in [1.29, 1.82) is 0 Å². The van der Waals surface area contributed by atoms with Gasteiger partial charge >= 0.3 is 0 Å². The molecule has 1 aromatic carbocycles. The second kappa shape index (κ2) is 9.26. The van der Waals surface area contributed by atoms with E-state index in [4.69, 9.17) is 23.2 Å². The van der Waals surface area contributed by atoms with Crippen LogP contribution in [0.1, 0.15) is 39.0 Å². The van der Waals surface area contributed by atoms with Gasteiger partial charge in [0.25, 0.3) is 0 Å². The summed E-state index contributed by atoms with van der Waals surface area (Å²) in [5, 5.41) is 3.96. The highest BCUT2D eigenvalue weighted by atomic mass is 35.5. The molecule has 1 aromatic rings. The van der Waals surface area contributed by atoms with Gasteiger partial charge in [0, 0.05) is 31.4 Å². The number of nitrogens with zero attached hydrogens (tertiary/aromatic N) is 2. The Morgan fingerprint density at radius 2 is 1.89 bits per heavy atom. The number of benzene rings is 1. The number of amides is 2. The van der Waals surface area contributed by atoms with Crippen LogP contribution in [-0.4, -0.2) is 48.9 Å². The van der Waals surface area contributed by atoms with Gasteiger partial charge in [-0.3, -0.25) is 9.59 Å². The van der Waals surface area contributed by atoms with E-state index in [1.807, 2.05) is 0 Å². The van der Waals surface area contributed by atoms with E-state index in [-0.39, 0.29) is 17.9 Å². The third kappa shape index (κ3) is 4.95. The Morgan fingerprint density at radius 1 is 1.15 bits per heavy atom. The van der Waals surface area contributed by atoms with Gasteiger partial charge in [0.1, 0.15) is 5.92 Å². The van der Waals surface area contributed by atoms with E-state index < -0.39 is 5.92 Å². The van der Waals surface area contributed by atoms with E-state index in [0.29, 0.717) is 28.7 Å². The summed E-state index contributed by atoms with van der Waals surface area (Å²) >= 11 is 12.0. The summed E-state index contributed by atoms with van der Waals surface area (Å²) in [6.45, 7) is 5.88. The van der Waals surface area contributed by atoms with Crippen LogP contribution in [0.5, 0.6) is 0 Å². The van der Waals surface area contributed by atoms with Crippen molar-refractivity contribution >= 4 is 40.7 Å². The van der Waals surface area contributed by atoms with Gasteiger partial charge in [-0.05, 0) is 50.4 Å². The second-order valence-corrected chi connectivity index (χ2v) is 8.22. The summed E-state index contributed by atoms with van der Waals surface area (Å²) in [4.78, 5) is 29.5. The molecule has 7 heteroatoms. The molecule has 2 amide bonds. The summed E-state index contributed by atoms with van der Waals surface area (Å²) in [7, 11) is 0. The first kappa shape index (κ1) is 20.4. The molecular weight excluding hydrogens is 385 g/mol. The highest BCUT2D eigenvalue weighted by Gasteiger charge is 2.38. The number of halogens is 2. The normalized spacial score (nSPS) is 21.7. The molecule has 2 fully saturated rings. The number of likely N-dealkylation sites (tertiary alicyclic amines) is 1. The van der Waals surface area contributed by atoms with Crippen molar-refractivity contribution < 1.29 is 9.59 Å². The molecule has 0 radical (unpaired) electrons. The van der Waals surface area contributed by atoms with E-state index in [2.05, 4.69) is 17.1 Å². The van der Waals surface area contributed by atoms with Crippen molar-refractivity contribution in [1.82, 2.24) is 10.2 Å². The maximum atomic E-state index is 12.7. The van der Waals surface area contributed by atoms with Gasteiger partial charge in [-0.1, -0.05) is 36.5 Å². The molecule has 2 aliphatic rings. The summed E-state index contributed by atoms with van der Waals surface area (Å²) in [6, 6.07) is 5.28. The molecule has 5 nitrogen and oxygen atoms in total. The number of anilines is 1. The Hall–Kier alpha value is -1.30. The SMILES string of the molecule is CCCCN1CCC(NC(=O)C2CCN(c3ccc(Cl)c(Cl)c3)C2=O)CC1. The van der Waals surface area contributed by atoms with Gasteiger partial charge in [-0.15, -0.1) is 0 Å². The van der Waals surface area contributed by atoms with Gasteiger partial charge in [0.15, 0.2) is 0 Å². The molecule has 1 atom stereocenters. The fourth-order valence-electron chi connectivity index (χ4n) is 3.82. The van der Waals surface area contributed by atoms with E-state index in [1.54, 1.807) is 23.1 Å². The average molecular weight is 412 g/mol. The van der Waals surface area contributed by atoms with Gasteiger partial charge in [-0.2, -0.15) is 0 Å². The van der Waals surface area contributed by atoms with Crippen molar-refractivity contribution in [3.63, 3.8) is 0 Å². The molecular formula is C20H27Cl2N3O2. The Kier molecular flexibility index (Phi) is 7.01. The minimum absolute atomic E-state index is 0.144. The number of nitrogens with one attached hydrogen (secondary N) is 1. The number of unbranched alkanes of at least 4 members (excludes halogenated alkanes) is 1. The van der Waals surface area contributed by atoms with Crippen LogP contribution in [0.3, 0.4) is 0 Å². The van der Waals surface area contributed by atoms with Crippen molar-refractivity contribution in [2.24, 2.45) is 5.92 Å². The maximum absolute atomic E-state index is 12.7. The lowest BCUT2D eigenvalue weighted by Gasteiger charge is -2.32. The molecule has 0 aromatic heterocycles. The lowest BCUT2D eigenvalue weighted by molar-refractivity contribution is -0.132. The zero-order valence-corrected chi connectivity index (χ0v) is 17.2. The lowest BCUT2D eigenvalue weighted by Crippen LogP contribution is -2.47. The highest BCUT2D eigenvalue weighted by molar-refractivity contribution is 6.42. The topological polar surface area (TPSA) is 52.7 Å². The van der Waals surface area contributed by atoms with Crippen LogP contribution in [0.2, 0.25) is 10.0 Å². The van der Waals surface area contributed by atoms with Gasteiger partial charge in [-0.25, -0.2) is 0 Å². The number of hydrogen-bond donors (Lipinski definition) is 1. The van der Waals surface area contributed by atoms with Gasteiger partial charge in [0.2, 0.25) is 11.8 Å². The molecule has 27 heavy (non-hydrogen) atoms. The third-order valence-electron chi connectivity index (χ3n) is 5.50. The van der Waals surface area contributed by atoms with E-state index in [9.17, 15) is 9.59 Å². The fourth-order valence-corrected chi connectivity index (χ4v) is 4.11. The number of carbonyl (C=O) groups excluding carboxylic acids is 2. The van der Waals surface area contributed by atoms with Crippen LogP contribution in [0.25, 0.3) is 0 Å². The maximum Gasteiger partial charge on any atom is 0.239 e. The number of hydrogen-bond acceptors (Lipinski definition) is 3. The molecule has 2 heterocycles. The molecule has 0 spiro atoms. The van der Waals surface area contributed by atoms with Crippen LogP contribution >= 0.6 is 23.2 Å². The van der Waals surface area contributed by atoms with E-state index >= 15 is 0 Å². The van der Waals surface area contributed by atoms with E-state index in [0.717, 1.165) is 32.5 Å². The van der Waals surface area contributed by atoms with Crippen LogP contribution in [0, 0.1) is 5.92 Å². The minimum atomic E-state index is -0.613. The summed E-state index contributed by atoms with van der Waals surface area (Å²) < 4.78 is 0. The monoisotopic (exact) mass is 411 g/mol. The zero-order valence-electron chi connectivity index (χ0n) is 15.7. The zero-order chi connectivity index (χ0) is 19.4. The first-order chi connectivity index (χ1) is 13.0. The molecule has 1 N–H and O–H groups in total. The Balaban J connectivity index is 1.52. The molecule has 2 saturated heterocycles. The Bertz CT molecular complexity index is 690. The highest BCUT2D eigenvalue weighted by Crippen LogP contribution is 2.31. The Morgan fingerprint density at radius 3 is 2.56 bits per heavy atom. The summed E-state index contributed by atoms with van der Waals surface area (Å²) in [5.74, 6) is -0.918. The molecule has 3 rings (SSSR count). The van der Waals surface area contributed by atoms with Crippen LogP contribution in [0.4, 0.5) is 5.69 Å². The lowest BCUT2D eigenvalue weighted by atomic mass is 10.0. The standard InChI is InChI=1S/C20H27Cl2N3O2/c1-2-3-9-24-10-6-14(7-11-24)23-19(26)16-8-12-25(20(16)27)15-4-5-17(21)18(22)13-15/h4-5,13-14,16H,2-3,6-12H2,1H3,(H,23,26). The third-order valence-corrected chi connectivity index (χ3v) is 6.24.